The number of rotatable bonds is 7. The molecule has 2 aliphatic heterocycles. The van der Waals surface area contributed by atoms with E-state index in [1.807, 2.05) is 0 Å². The van der Waals surface area contributed by atoms with E-state index in [1.54, 1.807) is 7.05 Å². The second-order valence-electron chi connectivity index (χ2n) is 5.53. The Bertz CT molecular complexity index is 817. The van der Waals surface area contributed by atoms with Crippen molar-refractivity contribution in [3.63, 3.8) is 0 Å². The van der Waals surface area contributed by atoms with E-state index < -0.39 is 34.6 Å². The highest BCUT2D eigenvalue weighted by atomic mass is 35.5. The number of fused-ring (bicyclic) bond motifs is 1. The van der Waals surface area contributed by atoms with Gasteiger partial charge in [0.2, 0.25) is 11.1 Å². The van der Waals surface area contributed by atoms with Crippen LogP contribution in [-0.2, 0) is 26.2 Å². The minimum atomic E-state index is -1.26. The number of carbonyl (C=O) groups excluding carboxylic acids is 2. The number of β-lactam (4-membered cyclic amide) rings is 1. The van der Waals surface area contributed by atoms with Gasteiger partial charge in [0, 0.05) is 25.5 Å². The summed E-state index contributed by atoms with van der Waals surface area (Å²) >= 11 is 8.00. The standard InChI is InChI=1S/C13H15ClN6O5S2/c1-19-13(16-17-18-19)26-4-5-7(12(23)24)20-10(22)8(25-2)11(20)27-9(5)15-6(21)3-14/h8-9,11H,3-4H2,1-2H3,(H,15,21)(H,23,24)/t8-,9?,11?/m0/s1. The van der Waals surface area contributed by atoms with E-state index >= 15 is 0 Å². The first kappa shape index (κ1) is 19.9. The van der Waals surface area contributed by atoms with Gasteiger partial charge >= 0.3 is 5.97 Å². The monoisotopic (exact) mass is 434 g/mol. The van der Waals surface area contributed by atoms with Crippen molar-refractivity contribution in [2.45, 2.75) is 22.0 Å². The van der Waals surface area contributed by atoms with Crippen LogP contribution in [-0.4, -0.2) is 83.6 Å². The lowest BCUT2D eigenvalue weighted by Gasteiger charge is -2.50. The molecule has 11 nitrogen and oxygen atoms in total. The number of carbonyl (C=O) groups is 3. The maximum absolute atomic E-state index is 12.3. The molecular weight excluding hydrogens is 420 g/mol. The third-order valence-corrected chi connectivity index (χ3v) is 6.65. The fraction of sp³-hybridized carbons (Fsp3) is 0.538. The Morgan fingerprint density at radius 2 is 2.22 bits per heavy atom. The highest BCUT2D eigenvalue weighted by Gasteiger charge is 2.56. The number of carboxylic acid groups (broad SMARTS) is 1. The Morgan fingerprint density at radius 3 is 2.78 bits per heavy atom. The molecule has 2 unspecified atom stereocenters. The first-order valence-electron chi connectivity index (χ1n) is 7.57. The molecule has 2 N–H and O–H groups in total. The number of ether oxygens (including phenoxy) is 1. The number of halogens is 1. The number of aromatic nitrogens is 4. The van der Waals surface area contributed by atoms with Gasteiger partial charge in [-0.15, -0.1) is 28.5 Å². The molecule has 2 aliphatic rings. The molecule has 3 atom stereocenters. The summed E-state index contributed by atoms with van der Waals surface area (Å²) in [5.74, 6) is -2.26. The number of amides is 2. The van der Waals surface area contributed by atoms with E-state index in [0.717, 1.165) is 0 Å². The number of hydrogen-bond acceptors (Lipinski definition) is 9. The largest absolute Gasteiger partial charge is 0.477 e. The van der Waals surface area contributed by atoms with Crippen LogP contribution >= 0.6 is 35.1 Å². The summed E-state index contributed by atoms with van der Waals surface area (Å²) in [6, 6.07) is 0. The molecule has 0 aliphatic carbocycles. The van der Waals surface area contributed by atoms with Crippen LogP contribution in [0.5, 0.6) is 0 Å². The lowest BCUT2D eigenvalue weighted by molar-refractivity contribution is -0.162. The molecule has 27 heavy (non-hydrogen) atoms. The van der Waals surface area contributed by atoms with Gasteiger partial charge in [0.15, 0.2) is 6.10 Å². The summed E-state index contributed by atoms with van der Waals surface area (Å²) < 4.78 is 6.58. The van der Waals surface area contributed by atoms with E-state index in [4.69, 9.17) is 16.3 Å². The minimum absolute atomic E-state index is 0.157. The molecule has 3 rings (SSSR count). The Kier molecular flexibility index (Phi) is 5.93. The van der Waals surface area contributed by atoms with Crippen molar-refractivity contribution in [3.8, 4) is 0 Å². The van der Waals surface area contributed by atoms with Crippen molar-refractivity contribution in [2.75, 3.05) is 18.7 Å². The van der Waals surface area contributed by atoms with Crippen LogP contribution in [0.15, 0.2) is 16.4 Å². The van der Waals surface area contributed by atoms with Crippen LogP contribution in [0.2, 0.25) is 0 Å². The summed E-state index contributed by atoms with van der Waals surface area (Å²) in [5, 5.41) is 22.8. The van der Waals surface area contributed by atoms with Crippen LogP contribution < -0.4 is 5.32 Å². The van der Waals surface area contributed by atoms with Crippen LogP contribution in [0.3, 0.4) is 0 Å². The number of nitrogens with one attached hydrogen (secondary N) is 1. The van der Waals surface area contributed by atoms with Gasteiger partial charge in [-0.25, -0.2) is 9.48 Å². The number of aliphatic carboxylic acids is 1. The molecule has 1 saturated heterocycles. The number of thioether (sulfide) groups is 2. The smallest absolute Gasteiger partial charge is 0.352 e. The summed E-state index contributed by atoms with van der Waals surface area (Å²) in [6.07, 6.45) is -0.767. The fourth-order valence-corrected chi connectivity index (χ4v) is 5.33. The van der Waals surface area contributed by atoms with Crippen LogP contribution in [0.25, 0.3) is 0 Å². The van der Waals surface area contributed by atoms with E-state index in [-0.39, 0.29) is 17.3 Å². The lowest BCUT2D eigenvalue weighted by atomic mass is 10.0. The average Bonchev–Trinajstić information content (AvgIpc) is 3.04. The van der Waals surface area contributed by atoms with E-state index in [2.05, 4.69) is 20.8 Å². The summed E-state index contributed by atoms with van der Waals surface area (Å²) in [4.78, 5) is 37.2. The Balaban J connectivity index is 1.95. The summed E-state index contributed by atoms with van der Waals surface area (Å²) in [6.45, 7) is 0. The number of carboxylic acids is 1. The predicted octanol–water partition coefficient (Wildman–Crippen LogP) is -0.748. The molecule has 0 bridgehead atoms. The maximum Gasteiger partial charge on any atom is 0.352 e. The number of hydrogen-bond donors (Lipinski definition) is 2. The highest BCUT2D eigenvalue weighted by Crippen LogP contribution is 2.45. The second kappa shape index (κ2) is 8.04. The van der Waals surface area contributed by atoms with Crippen LogP contribution in [0.4, 0.5) is 0 Å². The van der Waals surface area contributed by atoms with Crippen molar-refractivity contribution < 1.29 is 24.2 Å². The zero-order valence-corrected chi connectivity index (χ0v) is 16.5. The minimum Gasteiger partial charge on any atom is -0.477 e. The third kappa shape index (κ3) is 3.63. The van der Waals surface area contributed by atoms with E-state index in [1.165, 1.54) is 40.2 Å². The van der Waals surface area contributed by atoms with Crippen molar-refractivity contribution >= 4 is 52.9 Å². The van der Waals surface area contributed by atoms with Gasteiger partial charge in [0.25, 0.3) is 5.91 Å². The number of tetrazole rings is 1. The number of methoxy groups -OCH3 is 1. The molecule has 0 aromatic carbocycles. The van der Waals surface area contributed by atoms with Gasteiger partial charge in [0.1, 0.15) is 22.3 Å². The van der Waals surface area contributed by atoms with Gasteiger partial charge in [0.05, 0.1) is 0 Å². The molecule has 1 aromatic rings. The van der Waals surface area contributed by atoms with Crippen LogP contribution in [0, 0.1) is 0 Å². The second-order valence-corrected chi connectivity index (χ2v) is 7.96. The van der Waals surface area contributed by atoms with E-state index in [0.29, 0.717) is 10.7 Å². The summed E-state index contributed by atoms with van der Waals surface area (Å²) in [5.41, 5.74) is 0.192. The Morgan fingerprint density at radius 1 is 1.48 bits per heavy atom. The Hall–Kier alpha value is -1.83. The lowest BCUT2D eigenvalue weighted by Crippen LogP contribution is -2.67. The fourth-order valence-electron chi connectivity index (χ4n) is 2.70. The van der Waals surface area contributed by atoms with Crippen LogP contribution in [0.1, 0.15) is 0 Å². The van der Waals surface area contributed by atoms with Crippen molar-refractivity contribution in [3.05, 3.63) is 11.3 Å². The molecule has 2 amide bonds. The number of aryl methyl sites for hydroxylation is 1. The summed E-state index contributed by atoms with van der Waals surface area (Å²) in [7, 11) is 3.03. The topological polar surface area (TPSA) is 140 Å². The normalized spacial score (nSPS) is 24.5. The third-order valence-electron chi connectivity index (χ3n) is 3.94. The molecule has 14 heteroatoms. The molecular formula is C13H15ClN6O5S2. The molecule has 1 aromatic heterocycles. The van der Waals surface area contributed by atoms with E-state index in [9.17, 15) is 19.5 Å². The van der Waals surface area contributed by atoms with Gasteiger partial charge in [-0.3, -0.25) is 14.5 Å². The maximum atomic E-state index is 12.3. The first-order valence-corrected chi connectivity index (χ1v) is 10.0. The van der Waals surface area contributed by atoms with Gasteiger partial charge in [-0.1, -0.05) is 11.8 Å². The first-order chi connectivity index (χ1) is 12.9. The van der Waals surface area contributed by atoms with Crippen molar-refractivity contribution in [2.24, 2.45) is 7.05 Å². The van der Waals surface area contributed by atoms with Gasteiger partial charge in [-0.05, 0) is 10.4 Å². The molecule has 0 saturated carbocycles. The molecule has 3 heterocycles. The number of nitrogens with zero attached hydrogens (tertiary/aromatic N) is 5. The highest BCUT2D eigenvalue weighted by molar-refractivity contribution is 8.01. The van der Waals surface area contributed by atoms with Gasteiger partial charge < -0.3 is 15.2 Å². The SMILES string of the molecule is CO[C@H]1C(=O)N2C(C(=O)O)=C(CSc3nnnn3C)C(NC(=O)CCl)SC12. The zero-order valence-electron chi connectivity index (χ0n) is 14.2. The zero-order chi connectivity index (χ0) is 19.7. The van der Waals surface area contributed by atoms with Crippen molar-refractivity contribution in [1.29, 1.82) is 0 Å². The molecule has 146 valence electrons. The quantitative estimate of drug-likeness (QED) is 0.320. The molecule has 1 fully saturated rings. The Labute approximate surface area is 166 Å². The average molecular weight is 435 g/mol. The predicted molar refractivity (Wildman–Crippen MR) is 95.9 cm³/mol. The van der Waals surface area contributed by atoms with Gasteiger partial charge in [-0.2, -0.15) is 0 Å². The number of alkyl halides is 1. The van der Waals surface area contributed by atoms with Crippen molar-refractivity contribution in [1.82, 2.24) is 30.4 Å². The molecule has 0 radical (unpaired) electrons. The molecule has 0 spiro atoms.